The van der Waals surface area contributed by atoms with Gasteiger partial charge in [-0.1, -0.05) is 66.7 Å². The Bertz CT molecular complexity index is 994. The normalized spacial score (nSPS) is 11.1. The third-order valence-electron chi connectivity index (χ3n) is 4.36. The zero-order valence-electron chi connectivity index (χ0n) is 12.5. The minimum absolute atomic E-state index is 0.870. The molecule has 0 radical (unpaired) electrons. The quantitative estimate of drug-likeness (QED) is 0.455. The zero-order chi connectivity index (χ0) is 15.1. The summed E-state index contributed by atoms with van der Waals surface area (Å²) >= 11 is 0. The van der Waals surface area contributed by atoms with Crippen molar-refractivity contribution in [1.82, 2.24) is 0 Å². The predicted molar refractivity (Wildman–Crippen MR) is 96.0 cm³/mol. The number of rotatable bonds is 1. The fraction of sp³-hybridized carbons (Fsp3) is 0.0476. The van der Waals surface area contributed by atoms with Crippen molar-refractivity contribution in [3.8, 4) is 11.1 Å². The lowest BCUT2D eigenvalue weighted by Gasteiger charge is -2.15. The number of anilines is 1. The highest BCUT2D eigenvalue weighted by atomic mass is 14.6. The molecule has 0 unspecified atom stereocenters. The van der Waals surface area contributed by atoms with E-state index in [0.29, 0.717) is 0 Å². The minimum atomic E-state index is 0.870. The molecular formula is C21H17N. The Hall–Kier alpha value is -2.80. The Labute approximate surface area is 130 Å². The van der Waals surface area contributed by atoms with Gasteiger partial charge in [0, 0.05) is 11.3 Å². The van der Waals surface area contributed by atoms with Gasteiger partial charge in [-0.05, 0) is 45.7 Å². The molecule has 2 N–H and O–H groups in total. The molecule has 0 atom stereocenters. The molecule has 4 aromatic rings. The van der Waals surface area contributed by atoms with Crippen molar-refractivity contribution in [3.63, 3.8) is 0 Å². The zero-order valence-corrected chi connectivity index (χ0v) is 12.5. The summed E-state index contributed by atoms with van der Waals surface area (Å²) in [6.45, 7) is 2.08. The van der Waals surface area contributed by atoms with Crippen molar-refractivity contribution in [2.24, 2.45) is 0 Å². The first-order valence-corrected chi connectivity index (χ1v) is 7.51. The van der Waals surface area contributed by atoms with Gasteiger partial charge in [0.2, 0.25) is 0 Å². The van der Waals surface area contributed by atoms with Crippen LogP contribution in [0.3, 0.4) is 0 Å². The van der Waals surface area contributed by atoms with Gasteiger partial charge in [0.25, 0.3) is 0 Å². The lowest BCUT2D eigenvalue weighted by Crippen LogP contribution is -1.96. The van der Waals surface area contributed by atoms with Gasteiger partial charge in [-0.25, -0.2) is 0 Å². The molecule has 0 aliphatic heterocycles. The largest absolute Gasteiger partial charge is 0.398 e. The molecule has 0 fully saturated rings. The molecule has 106 valence electrons. The number of benzene rings is 4. The van der Waals surface area contributed by atoms with Crippen LogP contribution in [0.2, 0.25) is 0 Å². The van der Waals surface area contributed by atoms with Crippen molar-refractivity contribution in [2.75, 3.05) is 5.73 Å². The standard InChI is InChI=1S/C21H17N/c1-14-13-16-8-3-5-11-18(16)20(21(14)22)19-12-6-9-15-7-2-4-10-17(15)19/h2-13H,22H2,1H3. The Morgan fingerprint density at radius 3 is 2.14 bits per heavy atom. The summed E-state index contributed by atoms with van der Waals surface area (Å²) in [5.74, 6) is 0. The van der Waals surface area contributed by atoms with Crippen molar-refractivity contribution >= 4 is 27.2 Å². The Morgan fingerprint density at radius 1 is 0.682 bits per heavy atom. The van der Waals surface area contributed by atoms with E-state index in [-0.39, 0.29) is 0 Å². The van der Waals surface area contributed by atoms with Crippen molar-refractivity contribution < 1.29 is 0 Å². The molecule has 0 bridgehead atoms. The summed E-state index contributed by atoms with van der Waals surface area (Å²) in [6.07, 6.45) is 0. The maximum Gasteiger partial charge on any atom is 0.0430 e. The first kappa shape index (κ1) is 12.9. The second-order valence-corrected chi connectivity index (χ2v) is 5.73. The summed E-state index contributed by atoms with van der Waals surface area (Å²) < 4.78 is 0. The second kappa shape index (κ2) is 4.88. The van der Waals surface area contributed by atoms with E-state index in [9.17, 15) is 0 Å². The van der Waals surface area contributed by atoms with Gasteiger partial charge in [0.15, 0.2) is 0 Å². The smallest absolute Gasteiger partial charge is 0.0430 e. The first-order chi connectivity index (χ1) is 10.8. The van der Waals surface area contributed by atoms with Gasteiger partial charge < -0.3 is 5.73 Å². The number of nitrogens with two attached hydrogens (primary N) is 1. The first-order valence-electron chi connectivity index (χ1n) is 7.51. The van der Waals surface area contributed by atoms with Crippen LogP contribution in [0, 0.1) is 6.92 Å². The van der Waals surface area contributed by atoms with Gasteiger partial charge in [0.05, 0.1) is 0 Å². The van der Waals surface area contributed by atoms with Crippen LogP contribution < -0.4 is 5.73 Å². The van der Waals surface area contributed by atoms with E-state index < -0.39 is 0 Å². The van der Waals surface area contributed by atoms with E-state index in [1.807, 2.05) is 0 Å². The monoisotopic (exact) mass is 283 g/mol. The molecular weight excluding hydrogens is 266 g/mol. The molecule has 0 aliphatic rings. The molecule has 1 nitrogen and oxygen atoms in total. The van der Waals surface area contributed by atoms with Crippen LogP contribution >= 0.6 is 0 Å². The summed E-state index contributed by atoms with van der Waals surface area (Å²) in [5, 5.41) is 4.93. The van der Waals surface area contributed by atoms with Gasteiger partial charge in [-0.15, -0.1) is 0 Å². The van der Waals surface area contributed by atoms with Gasteiger partial charge in [-0.2, -0.15) is 0 Å². The second-order valence-electron chi connectivity index (χ2n) is 5.73. The maximum absolute atomic E-state index is 6.47. The third-order valence-corrected chi connectivity index (χ3v) is 4.36. The highest BCUT2D eigenvalue weighted by Gasteiger charge is 2.12. The molecule has 0 saturated heterocycles. The summed E-state index contributed by atoms with van der Waals surface area (Å²) in [5.41, 5.74) is 10.8. The minimum Gasteiger partial charge on any atom is -0.398 e. The number of aryl methyl sites for hydroxylation is 1. The van der Waals surface area contributed by atoms with E-state index >= 15 is 0 Å². The maximum atomic E-state index is 6.47. The predicted octanol–water partition coefficient (Wildman–Crippen LogP) is 5.55. The van der Waals surface area contributed by atoms with Crippen LogP contribution in [0.25, 0.3) is 32.7 Å². The fourth-order valence-electron chi connectivity index (χ4n) is 3.24. The van der Waals surface area contributed by atoms with E-state index in [1.54, 1.807) is 0 Å². The highest BCUT2D eigenvalue weighted by Crippen LogP contribution is 2.39. The fourth-order valence-corrected chi connectivity index (χ4v) is 3.24. The van der Waals surface area contributed by atoms with E-state index in [0.717, 1.165) is 16.8 Å². The molecule has 0 spiro atoms. The van der Waals surface area contributed by atoms with Gasteiger partial charge in [-0.3, -0.25) is 0 Å². The SMILES string of the molecule is Cc1cc2ccccc2c(-c2cccc3ccccc23)c1N. The van der Waals surface area contributed by atoms with E-state index in [1.165, 1.54) is 27.1 Å². The van der Waals surface area contributed by atoms with Crippen LogP contribution in [0.5, 0.6) is 0 Å². The molecule has 22 heavy (non-hydrogen) atoms. The lowest BCUT2D eigenvalue weighted by molar-refractivity contribution is 1.50. The number of hydrogen-bond donors (Lipinski definition) is 1. The molecule has 4 rings (SSSR count). The highest BCUT2D eigenvalue weighted by molar-refractivity contribution is 6.10. The number of hydrogen-bond acceptors (Lipinski definition) is 1. The van der Waals surface area contributed by atoms with Crippen LogP contribution in [0.15, 0.2) is 72.8 Å². The topological polar surface area (TPSA) is 26.0 Å². The lowest BCUT2D eigenvalue weighted by atomic mass is 9.91. The van der Waals surface area contributed by atoms with Crippen LogP contribution in [0.1, 0.15) is 5.56 Å². The number of fused-ring (bicyclic) bond motifs is 2. The van der Waals surface area contributed by atoms with Crippen LogP contribution in [-0.4, -0.2) is 0 Å². The molecule has 0 aliphatic carbocycles. The average molecular weight is 283 g/mol. The van der Waals surface area contributed by atoms with Crippen molar-refractivity contribution in [1.29, 1.82) is 0 Å². The van der Waals surface area contributed by atoms with E-state index in [2.05, 4.69) is 79.7 Å². The molecule has 1 heteroatoms. The van der Waals surface area contributed by atoms with Gasteiger partial charge in [0.1, 0.15) is 0 Å². The van der Waals surface area contributed by atoms with Crippen molar-refractivity contribution in [3.05, 3.63) is 78.4 Å². The van der Waals surface area contributed by atoms with Crippen molar-refractivity contribution in [2.45, 2.75) is 6.92 Å². The Morgan fingerprint density at radius 2 is 1.32 bits per heavy atom. The molecule has 0 amide bonds. The summed E-state index contributed by atoms with van der Waals surface area (Å²) in [6, 6.07) is 25.5. The average Bonchev–Trinajstić information content (AvgIpc) is 2.56. The van der Waals surface area contributed by atoms with E-state index in [4.69, 9.17) is 5.73 Å². The summed E-state index contributed by atoms with van der Waals surface area (Å²) in [7, 11) is 0. The molecule has 0 aromatic heterocycles. The molecule has 4 aromatic carbocycles. The third kappa shape index (κ3) is 1.86. The van der Waals surface area contributed by atoms with Crippen LogP contribution in [0.4, 0.5) is 5.69 Å². The Kier molecular flexibility index (Phi) is 2.87. The van der Waals surface area contributed by atoms with Crippen LogP contribution in [-0.2, 0) is 0 Å². The summed E-state index contributed by atoms with van der Waals surface area (Å²) in [4.78, 5) is 0. The Balaban J connectivity index is 2.19. The molecule has 0 heterocycles. The van der Waals surface area contributed by atoms with Gasteiger partial charge >= 0.3 is 0 Å². The number of nitrogen functional groups attached to an aromatic ring is 1. The molecule has 0 saturated carbocycles.